The molecule has 2 rings (SSSR count). The van der Waals surface area contributed by atoms with Crippen LogP contribution in [-0.4, -0.2) is 11.0 Å². The highest BCUT2D eigenvalue weighted by Crippen LogP contribution is 2.11. The van der Waals surface area contributed by atoms with Crippen molar-refractivity contribution in [2.24, 2.45) is 0 Å². The number of esters is 1. The Balaban J connectivity index is 1.95. The van der Waals surface area contributed by atoms with E-state index in [0.29, 0.717) is 18.0 Å². The Morgan fingerprint density at radius 2 is 2.31 bits per heavy atom. The number of carbonyl (C=O) groups excluding carboxylic acids is 1. The van der Waals surface area contributed by atoms with Crippen LogP contribution in [0.5, 0.6) is 0 Å². The van der Waals surface area contributed by atoms with E-state index in [1.807, 2.05) is 17.5 Å². The van der Waals surface area contributed by atoms with Gasteiger partial charge in [-0.1, -0.05) is 6.07 Å². The van der Waals surface area contributed by atoms with Gasteiger partial charge >= 0.3 is 5.97 Å². The number of aromatic nitrogens is 1. The molecule has 0 radical (unpaired) electrons. The molecule has 0 unspecified atom stereocenters. The van der Waals surface area contributed by atoms with Crippen LogP contribution in [0.4, 0.5) is 5.82 Å². The first-order chi connectivity index (χ1) is 7.75. The van der Waals surface area contributed by atoms with Crippen LogP contribution in [0, 0.1) is 0 Å². The van der Waals surface area contributed by atoms with Crippen molar-refractivity contribution < 1.29 is 9.53 Å². The summed E-state index contributed by atoms with van der Waals surface area (Å²) in [6, 6.07) is 7.00. The largest absolute Gasteiger partial charge is 0.456 e. The maximum atomic E-state index is 11.6. The van der Waals surface area contributed by atoms with Crippen LogP contribution < -0.4 is 5.73 Å². The average Bonchev–Trinajstić information content (AvgIpc) is 2.80. The minimum atomic E-state index is -0.388. The van der Waals surface area contributed by atoms with E-state index < -0.39 is 0 Å². The molecule has 16 heavy (non-hydrogen) atoms. The van der Waals surface area contributed by atoms with Crippen molar-refractivity contribution in [3.63, 3.8) is 0 Å². The van der Waals surface area contributed by atoms with Crippen molar-refractivity contribution in [2.45, 2.75) is 6.61 Å². The molecule has 4 nitrogen and oxygen atoms in total. The Morgan fingerprint density at radius 1 is 1.44 bits per heavy atom. The van der Waals surface area contributed by atoms with Crippen LogP contribution in [0.2, 0.25) is 0 Å². The highest BCUT2D eigenvalue weighted by molar-refractivity contribution is 7.09. The van der Waals surface area contributed by atoms with Gasteiger partial charge < -0.3 is 10.5 Å². The lowest BCUT2D eigenvalue weighted by Gasteiger charge is -2.02. The second-order valence-electron chi connectivity index (χ2n) is 3.13. The molecule has 82 valence electrons. The Kier molecular flexibility index (Phi) is 3.16. The first-order valence-electron chi connectivity index (χ1n) is 4.67. The molecule has 2 aromatic rings. The predicted molar refractivity (Wildman–Crippen MR) is 62.1 cm³/mol. The van der Waals surface area contributed by atoms with E-state index in [1.54, 1.807) is 23.5 Å². The van der Waals surface area contributed by atoms with Crippen LogP contribution in [-0.2, 0) is 11.3 Å². The fourth-order valence-electron chi connectivity index (χ4n) is 1.14. The molecule has 0 saturated carbocycles. The molecule has 2 heterocycles. The van der Waals surface area contributed by atoms with Crippen LogP contribution in [0.3, 0.4) is 0 Å². The van der Waals surface area contributed by atoms with E-state index in [9.17, 15) is 4.79 Å². The van der Waals surface area contributed by atoms with Crippen LogP contribution in [0.25, 0.3) is 0 Å². The predicted octanol–water partition coefficient (Wildman–Crippen LogP) is 2.08. The molecule has 0 aromatic carbocycles. The number of hydrogen-bond donors (Lipinski definition) is 1. The molecule has 0 bridgehead atoms. The molecule has 0 aliphatic heterocycles. The molecule has 0 amide bonds. The fourth-order valence-corrected chi connectivity index (χ4v) is 1.76. The molecule has 5 heteroatoms. The Bertz CT molecular complexity index is 465. The number of nitrogens with zero attached hydrogens (tertiary/aromatic N) is 1. The number of rotatable bonds is 3. The standard InChI is InChI=1S/C11H10N2O2S/c12-10-4-3-8(6-13-10)11(14)15-7-9-2-1-5-16-9/h1-6H,7H2,(H2,12,13). The summed E-state index contributed by atoms with van der Waals surface area (Å²) < 4.78 is 5.10. The number of hydrogen-bond acceptors (Lipinski definition) is 5. The van der Waals surface area contributed by atoms with Gasteiger partial charge in [-0.05, 0) is 23.6 Å². The second-order valence-corrected chi connectivity index (χ2v) is 4.16. The van der Waals surface area contributed by atoms with Gasteiger partial charge in [0.05, 0.1) is 5.56 Å². The molecule has 0 saturated heterocycles. The van der Waals surface area contributed by atoms with E-state index in [-0.39, 0.29) is 5.97 Å². The van der Waals surface area contributed by atoms with Crippen molar-refractivity contribution in [3.05, 3.63) is 46.3 Å². The molecule has 0 atom stereocenters. The summed E-state index contributed by atoms with van der Waals surface area (Å²) in [5, 5.41) is 1.94. The lowest BCUT2D eigenvalue weighted by Crippen LogP contribution is -2.05. The second kappa shape index (κ2) is 4.76. The summed E-state index contributed by atoms with van der Waals surface area (Å²) in [7, 11) is 0. The van der Waals surface area contributed by atoms with Gasteiger partial charge in [-0.25, -0.2) is 9.78 Å². The van der Waals surface area contributed by atoms with Crippen molar-refractivity contribution in [3.8, 4) is 0 Å². The Morgan fingerprint density at radius 3 is 2.94 bits per heavy atom. The topological polar surface area (TPSA) is 65.2 Å². The van der Waals surface area contributed by atoms with Gasteiger partial charge in [-0.3, -0.25) is 0 Å². The number of carbonyl (C=O) groups is 1. The highest BCUT2D eigenvalue weighted by Gasteiger charge is 2.07. The van der Waals surface area contributed by atoms with E-state index in [0.717, 1.165) is 4.88 Å². The SMILES string of the molecule is Nc1ccc(C(=O)OCc2cccs2)cn1. The normalized spacial score (nSPS) is 10.0. The van der Waals surface area contributed by atoms with E-state index in [1.165, 1.54) is 6.20 Å². The molecular formula is C11H10N2O2S. The minimum Gasteiger partial charge on any atom is -0.456 e. The molecule has 0 fully saturated rings. The lowest BCUT2D eigenvalue weighted by molar-refractivity contribution is 0.0476. The number of nitrogens with two attached hydrogens (primary N) is 1. The molecular weight excluding hydrogens is 224 g/mol. The zero-order chi connectivity index (χ0) is 11.4. The van der Waals surface area contributed by atoms with Gasteiger partial charge in [0, 0.05) is 11.1 Å². The first-order valence-corrected chi connectivity index (χ1v) is 5.55. The first kappa shape index (κ1) is 10.6. The average molecular weight is 234 g/mol. The number of thiophene rings is 1. The summed E-state index contributed by atoms with van der Waals surface area (Å²) >= 11 is 1.55. The van der Waals surface area contributed by atoms with Crippen LogP contribution in [0.15, 0.2) is 35.8 Å². The number of anilines is 1. The summed E-state index contributed by atoms with van der Waals surface area (Å²) in [4.78, 5) is 16.4. The van der Waals surface area contributed by atoms with Crippen molar-refractivity contribution in [1.82, 2.24) is 4.98 Å². The van der Waals surface area contributed by atoms with E-state index in [2.05, 4.69) is 4.98 Å². The maximum absolute atomic E-state index is 11.6. The third-order valence-corrected chi connectivity index (χ3v) is 2.80. The van der Waals surface area contributed by atoms with Gasteiger partial charge in [0.2, 0.25) is 0 Å². The third-order valence-electron chi connectivity index (χ3n) is 1.95. The van der Waals surface area contributed by atoms with Crippen molar-refractivity contribution in [2.75, 3.05) is 5.73 Å². The van der Waals surface area contributed by atoms with Gasteiger partial charge in [0.15, 0.2) is 0 Å². The van der Waals surface area contributed by atoms with Gasteiger partial charge in [0.1, 0.15) is 12.4 Å². The fraction of sp³-hybridized carbons (Fsp3) is 0.0909. The minimum absolute atomic E-state index is 0.293. The van der Waals surface area contributed by atoms with Gasteiger partial charge in [-0.15, -0.1) is 11.3 Å². The third kappa shape index (κ3) is 2.58. The van der Waals surface area contributed by atoms with Crippen LogP contribution in [0.1, 0.15) is 15.2 Å². The summed E-state index contributed by atoms with van der Waals surface area (Å²) in [5.41, 5.74) is 5.82. The highest BCUT2D eigenvalue weighted by atomic mass is 32.1. The quantitative estimate of drug-likeness (QED) is 0.826. The van der Waals surface area contributed by atoms with Gasteiger partial charge in [-0.2, -0.15) is 0 Å². The maximum Gasteiger partial charge on any atom is 0.340 e. The number of pyridine rings is 1. The number of nitrogen functional groups attached to an aromatic ring is 1. The molecule has 2 N–H and O–H groups in total. The Labute approximate surface area is 96.7 Å². The summed E-state index contributed by atoms with van der Waals surface area (Å²) in [5.74, 6) is -0.00398. The van der Waals surface area contributed by atoms with Crippen molar-refractivity contribution >= 4 is 23.1 Å². The van der Waals surface area contributed by atoms with E-state index >= 15 is 0 Å². The molecule has 0 aliphatic rings. The molecule has 2 aromatic heterocycles. The molecule has 0 aliphatic carbocycles. The number of ether oxygens (including phenoxy) is 1. The van der Waals surface area contributed by atoms with Crippen molar-refractivity contribution in [1.29, 1.82) is 0 Å². The van der Waals surface area contributed by atoms with Gasteiger partial charge in [0.25, 0.3) is 0 Å². The van der Waals surface area contributed by atoms with E-state index in [4.69, 9.17) is 10.5 Å². The zero-order valence-electron chi connectivity index (χ0n) is 8.42. The Hall–Kier alpha value is -1.88. The summed E-state index contributed by atoms with van der Waals surface area (Å²) in [6.07, 6.45) is 1.41. The lowest BCUT2D eigenvalue weighted by atomic mass is 10.3. The monoisotopic (exact) mass is 234 g/mol. The smallest absolute Gasteiger partial charge is 0.340 e. The molecule has 0 spiro atoms. The summed E-state index contributed by atoms with van der Waals surface area (Å²) in [6.45, 7) is 0.293. The van der Waals surface area contributed by atoms with Crippen LogP contribution >= 0.6 is 11.3 Å². The zero-order valence-corrected chi connectivity index (χ0v) is 9.24.